The Bertz CT molecular complexity index is 1700. The highest BCUT2D eigenvalue weighted by molar-refractivity contribution is 5.95. The summed E-state index contributed by atoms with van der Waals surface area (Å²) in [4.78, 5) is 80.6. The lowest BCUT2D eigenvalue weighted by atomic mass is 9.91. The predicted octanol–water partition coefficient (Wildman–Crippen LogP) is 4.74. The van der Waals surface area contributed by atoms with E-state index in [2.05, 4.69) is 28.2 Å². The van der Waals surface area contributed by atoms with Gasteiger partial charge in [0, 0.05) is 31.6 Å². The number of phenolic OH excluding ortho intramolecular Hbond substituents is 2. The maximum atomic E-state index is 14.0. The molecular weight excluding hydrogens is 729 g/mol. The van der Waals surface area contributed by atoms with E-state index in [1.54, 1.807) is 58.0 Å². The number of ketones is 1. The third-order valence-corrected chi connectivity index (χ3v) is 9.68. The lowest BCUT2D eigenvalue weighted by Crippen LogP contribution is -2.54. The second-order valence-electron chi connectivity index (χ2n) is 15.3. The molecule has 0 radical (unpaired) electrons. The van der Waals surface area contributed by atoms with E-state index in [4.69, 9.17) is 4.74 Å². The average molecular weight is 789 g/mol. The Labute approximate surface area is 336 Å². The third kappa shape index (κ3) is 16.3. The van der Waals surface area contributed by atoms with Gasteiger partial charge >= 0.3 is 5.97 Å². The van der Waals surface area contributed by atoms with Crippen LogP contribution in [0.2, 0.25) is 0 Å². The van der Waals surface area contributed by atoms with E-state index in [1.165, 1.54) is 36.4 Å². The fraction of sp³-hybridized carbons (Fsp3) is 0.500. The molecule has 1 heterocycles. The summed E-state index contributed by atoms with van der Waals surface area (Å²) in [5.74, 6) is -4.58. The summed E-state index contributed by atoms with van der Waals surface area (Å²) in [6.07, 6.45) is 11.7. The Kier molecular flexibility index (Phi) is 19.0. The fourth-order valence-corrected chi connectivity index (χ4v) is 6.34. The molecule has 0 aromatic heterocycles. The largest absolute Gasteiger partial charge is 0.508 e. The number of esters is 1. The number of allylic oxidation sites excluding steroid dienone is 1. The van der Waals surface area contributed by atoms with Gasteiger partial charge in [-0.05, 0) is 66.1 Å². The van der Waals surface area contributed by atoms with Gasteiger partial charge in [-0.3, -0.25) is 24.0 Å². The molecule has 1 aliphatic rings. The molecule has 0 aliphatic carbocycles. The molecule has 2 aromatic carbocycles. The highest BCUT2D eigenvalue weighted by Crippen LogP contribution is 2.18. The first-order valence-corrected chi connectivity index (χ1v) is 20.0. The SMILES string of the molecule is CCCCCC/C=C\CC(=O)N[C@@H](Cc1ccc(O)cc1)C(=O)N[C@H](C(=O)C[C@@H]1/C=C/C(=O)N[C@@H](C(C)C)C(=O)N[C@@H](Cc2ccc(O)cc2)C(=O)OC1)C(C)C. The quantitative estimate of drug-likeness (QED) is 0.0661. The van der Waals surface area contributed by atoms with E-state index in [-0.39, 0.29) is 67.3 Å². The van der Waals surface area contributed by atoms with Gasteiger partial charge in [0.25, 0.3) is 0 Å². The van der Waals surface area contributed by atoms with Crippen molar-refractivity contribution in [3.05, 3.63) is 84.0 Å². The molecule has 1 aliphatic heterocycles. The average Bonchev–Trinajstić information content (AvgIpc) is 3.16. The molecule has 13 nitrogen and oxygen atoms in total. The van der Waals surface area contributed by atoms with Crippen LogP contribution in [0, 0.1) is 17.8 Å². The molecule has 0 spiro atoms. The van der Waals surface area contributed by atoms with E-state index in [0.717, 1.165) is 32.1 Å². The summed E-state index contributed by atoms with van der Waals surface area (Å²) >= 11 is 0. The number of cyclic esters (lactones) is 1. The molecule has 13 heteroatoms. The van der Waals surface area contributed by atoms with E-state index in [9.17, 15) is 39.0 Å². The summed E-state index contributed by atoms with van der Waals surface area (Å²) in [6.45, 7) is 8.90. The van der Waals surface area contributed by atoms with E-state index < -0.39 is 53.8 Å². The predicted molar refractivity (Wildman–Crippen MR) is 217 cm³/mol. The smallest absolute Gasteiger partial charge is 0.329 e. The van der Waals surface area contributed by atoms with Gasteiger partial charge in [0.15, 0.2) is 5.78 Å². The molecule has 4 amide bonds. The van der Waals surface area contributed by atoms with Crippen molar-refractivity contribution >= 4 is 35.4 Å². The second-order valence-corrected chi connectivity index (χ2v) is 15.3. The van der Waals surface area contributed by atoms with Crippen LogP contribution in [0.3, 0.4) is 0 Å². The van der Waals surface area contributed by atoms with Crippen LogP contribution in [0.5, 0.6) is 11.5 Å². The summed E-state index contributed by atoms with van der Waals surface area (Å²) in [7, 11) is 0. The van der Waals surface area contributed by atoms with E-state index in [1.807, 2.05) is 6.08 Å². The van der Waals surface area contributed by atoms with Gasteiger partial charge in [0.2, 0.25) is 23.6 Å². The molecule has 0 bridgehead atoms. The van der Waals surface area contributed by atoms with Crippen LogP contribution < -0.4 is 21.3 Å². The van der Waals surface area contributed by atoms with Gasteiger partial charge < -0.3 is 36.2 Å². The number of aromatic hydroxyl groups is 2. The lowest BCUT2D eigenvalue weighted by molar-refractivity contribution is -0.149. The van der Waals surface area contributed by atoms with Crippen LogP contribution in [0.15, 0.2) is 72.8 Å². The first-order chi connectivity index (χ1) is 27.2. The molecule has 0 unspecified atom stereocenters. The first-order valence-electron chi connectivity index (χ1n) is 20.0. The van der Waals surface area contributed by atoms with Crippen molar-refractivity contribution in [2.24, 2.45) is 17.8 Å². The number of ether oxygens (including phenoxy) is 1. The fourth-order valence-electron chi connectivity index (χ4n) is 6.34. The van der Waals surface area contributed by atoms with Crippen LogP contribution >= 0.6 is 0 Å². The molecule has 0 saturated carbocycles. The zero-order valence-corrected chi connectivity index (χ0v) is 33.8. The van der Waals surface area contributed by atoms with Crippen LogP contribution in [-0.2, 0) is 46.3 Å². The Morgan fingerprint density at radius 1 is 0.860 bits per heavy atom. The number of nitrogens with one attached hydrogen (secondary N) is 4. The molecule has 57 heavy (non-hydrogen) atoms. The summed E-state index contributed by atoms with van der Waals surface area (Å²) in [5, 5.41) is 30.5. The number of unbranched alkanes of at least 4 members (excludes halogenated alkanes) is 4. The molecule has 5 atom stereocenters. The van der Waals surface area contributed by atoms with Gasteiger partial charge in [-0.2, -0.15) is 0 Å². The van der Waals surface area contributed by atoms with Gasteiger partial charge in [0.05, 0.1) is 12.6 Å². The van der Waals surface area contributed by atoms with E-state index >= 15 is 0 Å². The molecule has 0 saturated heterocycles. The number of carbonyl (C=O) groups is 6. The number of hydrogen-bond acceptors (Lipinski definition) is 9. The van der Waals surface area contributed by atoms with Crippen molar-refractivity contribution in [2.45, 2.75) is 117 Å². The number of benzene rings is 2. The Hall–Kier alpha value is -5.46. The summed E-state index contributed by atoms with van der Waals surface area (Å²) < 4.78 is 5.66. The number of amides is 4. The van der Waals surface area contributed by atoms with Crippen molar-refractivity contribution in [3.63, 3.8) is 0 Å². The number of hydrogen-bond donors (Lipinski definition) is 6. The topological polar surface area (TPSA) is 200 Å². The number of carbonyl (C=O) groups excluding carboxylic acids is 6. The minimum atomic E-state index is -1.13. The minimum absolute atomic E-state index is 0.0377. The lowest BCUT2D eigenvalue weighted by Gasteiger charge is -2.27. The van der Waals surface area contributed by atoms with Crippen LogP contribution in [-0.4, -0.2) is 76.4 Å². The molecule has 0 fully saturated rings. The molecule has 6 N–H and O–H groups in total. The number of rotatable bonds is 19. The molecule has 310 valence electrons. The van der Waals surface area contributed by atoms with Gasteiger partial charge in [-0.1, -0.05) is 96.4 Å². The van der Waals surface area contributed by atoms with Crippen LogP contribution in [0.25, 0.3) is 0 Å². The van der Waals surface area contributed by atoms with Crippen molar-refractivity contribution in [2.75, 3.05) is 6.61 Å². The van der Waals surface area contributed by atoms with Crippen molar-refractivity contribution in [3.8, 4) is 11.5 Å². The number of phenols is 2. The normalized spacial score (nSPS) is 19.4. The molecule has 2 aromatic rings. The number of Topliss-reactive ketones (excluding diaryl/α,β-unsaturated/α-hetero) is 1. The van der Waals surface area contributed by atoms with Crippen LogP contribution in [0.4, 0.5) is 0 Å². The highest BCUT2D eigenvalue weighted by atomic mass is 16.5. The summed E-state index contributed by atoms with van der Waals surface area (Å²) in [6, 6.07) is 8.31. The summed E-state index contributed by atoms with van der Waals surface area (Å²) in [5.41, 5.74) is 1.33. The van der Waals surface area contributed by atoms with E-state index in [0.29, 0.717) is 11.1 Å². The maximum Gasteiger partial charge on any atom is 0.329 e. The maximum absolute atomic E-state index is 14.0. The molecular formula is C44H60N4O9. The van der Waals surface area contributed by atoms with Crippen LogP contribution in [0.1, 0.15) is 90.7 Å². The minimum Gasteiger partial charge on any atom is -0.508 e. The Balaban J connectivity index is 1.79. The molecule has 3 rings (SSSR count). The van der Waals surface area contributed by atoms with Crippen molar-refractivity contribution in [1.82, 2.24) is 21.3 Å². The zero-order chi connectivity index (χ0) is 41.9. The first kappa shape index (κ1) is 45.9. The standard InChI is InChI=1S/C44H60N4O9/c1-6-7-8-9-10-11-12-13-38(52)45-35(24-30-14-19-33(49)20-15-30)42(54)48-40(28(2)3)37(51)26-32-18-23-39(53)47-41(29(4)5)43(55)46-36(44(56)57-27-32)25-31-16-21-34(50)22-17-31/h11-12,14-23,28-29,32,35-36,40-41,49-50H,6-10,13,24-27H2,1-5H3,(H,45,52)(H,46,55)(H,47,53)(H,48,54)/b12-11-,23-18+/t32-,35-,36-,40-,41-/m0/s1. The monoisotopic (exact) mass is 788 g/mol. The Morgan fingerprint density at radius 2 is 1.51 bits per heavy atom. The zero-order valence-electron chi connectivity index (χ0n) is 33.8. The van der Waals surface area contributed by atoms with Crippen molar-refractivity contribution in [1.29, 1.82) is 0 Å². The Morgan fingerprint density at radius 3 is 2.12 bits per heavy atom. The van der Waals surface area contributed by atoms with Gasteiger partial charge in [-0.15, -0.1) is 0 Å². The third-order valence-electron chi connectivity index (χ3n) is 9.68. The highest BCUT2D eigenvalue weighted by Gasteiger charge is 2.33. The second kappa shape index (κ2) is 23.6. The van der Waals surface area contributed by atoms with Crippen molar-refractivity contribution < 1.29 is 43.7 Å². The van der Waals surface area contributed by atoms with Gasteiger partial charge in [0.1, 0.15) is 29.6 Å². The van der Waals surface area contributed by atoms with Gasteiger partial charge in [-0.25, -0.2) is 4.79 Å².